The fraction of sp³-hybridized carbons (Fsp3) is 0.412. The maximum atomic E-state index is 12.9. The number of nitrogens with zero attached hydrogens (tertiary/aromatic N) is 3. The Hall–Kier alpha value is -2.06. The van der Waals surface area contributed by atoms with E-state index in [4.69, 9.17) is 0 Å². The minimum absolute atomic E-state index is 0. The maximum Gasteiger partial charge on any atom is 0.416 e. The molecular weight excluding hydrogens is 369 g/mol. The molecule has 3 rings (SSSR count). The molecule has 1 N–H and O–H groups in total. The lowest BCUT2D eigenvalue weighted by molar-refractivity contribution is -0.137. The number of alkyl halides is 3. The van der Waals surface area contributed by atoms with E-state index in [1.165, 1.54) is 23.0 Å². The number of halogens is 4. The molecule has 26 heavy (non-hydrogen) atoms. The van der Waals surface area contributed by atoms with Crippen LogP contribution in [0.5, 0.6) is 0 Å². The minimum atomic E-state index is -4.42. The zero-order chi connectivity index (χ0) is 18.2. The normalized spacial score (nSPS) is 17.7. The number of carbonyl (C=O) groups is 1. The summed E-state index contributed by atoms with van der Waals surface area (Å²) < 4.78 is 40.1. The topological polar surface area (TPSA) is 50.2 Å². The molecule has 0 spiro atoms. The van der Waals surface area contributed by atoms with Crippen molar-refractivity contribution < 1.29 is 18.0 Å². The summed E-state index contributed by atoms with van der Waals surface area (Å²) in [7, 11) is 0. The van der Waals surface area contributed by atoms with E-state index in [-0.39, 0.29) is 30.0 Å². The molecule has 1 aromatic heterocycles. The number of nitrogens with one attached hydrogen (secondary N) is 1. The number of piperazine rings is 1. The predicted molar refractivity (Wildman–Crippen MR) is 93.9 cm³/mol. The quantitative estimate of drug-likeness (QED) is 0.860. The van der Waals surface area contributed by atoms with Crippen molar-refractivity contribution in [3.8, 4) is 5.69 Å². The van der Waals surface area contributed by atoms with Crippen LogP contribution in [0.2, 0.25) is 0 Å². The van der Waals surface area contributed by atoms with Crippen LogP contribution in [0.1, 0.15) is 28.5 Å². The second-order valence-electron chi connectivity index (χ2n) is 6.16. The number of hydrogen-bond acceptors (Lipinski definition) is 3. The van der Waals surface area contributed by atoms with Crippen LogP contribution in [0.25, 0.3) is 5.69 Å². The standard InChI is InChI=1S/C17H19F3N4O.ClH/c1-11-9-21-6-7-23(11)16(25)15-10-22-24(12(15)2)14-5-3-4-13(8-14)17(18,19)20;/h3-5,8,10-11,21H,6-7,9H2,1-2H3;1H/t11-;/m1./s1. The Kier molecular flexibility index (Phi) is 5.98. The molecule has 1 atom stereocenters. The van der Waals surface area contributed by atoms with E-state index in [1.807, 2.05) is 6.92 Å². The van der Waals surface area contributed by atoms with Gasteiger partial charge in [-0.3, -0.25) is 4.79 Å². The molecule has 5 nitrogen and oxygen atoms in total. The number of amides is 1. The van der Waals surface area contributed by atoms with Crippen LogP contribution in [-0.4, -0.2) is 46.3 Å². The Balaban J connectivity index is 0.00000243. The molecule has 0 unspecified atom stereocenters. The van der Waals surface area contributed by atoms with Gasteiger partial charge < -0.3 is 10.2 Å². The van der Waals surface area contributed by atoms with Crippen LogP contribution in [0.4, 0.5) is 13.2 Å². The minimum Gasteiger partial charge on any atom is -0.333 e. The number of aromatic nitrogens is 2. The van der Waals surface area contributed by atoms with Gasteiger partial charge in [-0.05, 0) is 32.0 Å². The van der Waals surface area contributed by atoms with Gasteiger partial charge in [-0.1, -0.05) is 6.07 Å². The van der Waals surface area contributed by atoms with Crippen LogP contribution in [0.3, 0.4) is 0 Å². The van der Waals surface area contributed by atoms with Gasteiger partial charge in [0.05, 0.1) is 28.7 Å². The van der Waals surface area contributed by atoms with E-state index < -0.39 is 11.7 Å². The largest absolute Gasteiger partial charge is 0.416 e. The van der Waals surface area contributed by atoms with E-state index in [0.29, 0.717) is 24.3 Å². The van der Waals surface area contributed by atoms with Crippen molar-refractivity contribution in [3.63, 3.8) is 0 Å². The first-order chi connectivity index (χ1) is 11.8. The Morgan fingerprint density at radius 2 is 2.08 bits per heavy atom. The first-order valence-corrected chi connectivity index (χ1v) is 8.03. The Labute approximate surface area is 155 Å². The van der Waals surface area contributed by atoms with Crippen molar-refractivity contribution in [2.45, 2.75) is 26.1 Å². The van der Waals surface area contributed by atoms with Crippen LogP contribution in [0, 0.1) is 6.92 Å². The van der Waals surface area contributed by atoms with Gasteiger partial charge in [0.15, 0.2) is 0 Å². The molecule has 1 aliphatic rings. The Morgan fingerprint density at radius 3 is 2.73 bits per heavy atom. The monoisotopic (exact) mass is 388 g/mol. The Morgan fingerprint density at radius 1 is 1.35 bits per heavy atom. The van der Waals surface area contributed by atoms with Crippen molar-refractivity contribution in [2.24, 2.45) is 0 Å². The van der Waals surface area contributed by atoms with Gasteiger partial charge in [0.2, 0.25) is 0 Å². The summed E-state index contributed by atoms with van der Waals surface area (Å²) in [4.78, 5) is 14.5. The molecule has 1 fully saturated rings. The van der Waals surface area contributed by atoms with Gasteiger partial charge in [-0.2, -0.15) is 18.3 Å². The third-order valence-corrected chi connectivity index (χ3v) is 4.42. The highest BCUT2D eigenvalue weighted by Crippen LogP contribution is 2.30. The van der Waals surface area contributed by atoms with Crippen LogP contribution >= 0.6 is 12.4 Å². The lowest BCUT2D eigenvalue weighted by Gasteiger charge is -2.33. The SMILES string of the molecule is Cc1c(C(=O)N2CCNC[C@H]2C)cnn1-c1cccc(C(F)(F)F)c1.Cl. The molecule has 0 radical (unpaired) electrons. The number of benzene rings is 1. The summed E-state index contributed by atoms with van der Waals surface area (Å²) in [5, 5.41) is 7.35. The molecule has 2 heterocycles. The highest BCUT2D eigenvalue weighted by Gasteiger charge is 2.31. The maximum absolute atomic E-state index is 12.9. The number of rotatable bonds is 2. The highest BCUT2D eigenvalue weighted by molar-refractivity contribution is 5.95. The Bertz CT molecular complexity index is 791. The van der Waals surface area contributed by atoms with Gasteiger partial charge in [-0.15, -0.1) is 12.4 Å². The average Bonchev–Trinajstić information content (AvgIpc) is 2.95. The van der Waals surface area contributed by atoms with E-state index in [1.54, 1.807) is 11.8 Å². The molecule has 1 amide bonds. The van der Waals surface area contributed by atoms with Gasteiger partial charge in [0.25, 0.3) is 5.91 Å². The van der Waals surface area contributed by atoms with Crippen LogP contribution in [0.15, 0.2) is 30.5 Å². The van der Waals surface area contributed by atoms with Crippen molar-refractivity contribution in [3.05, 3.63) is 47.3 Å². The summed E-state index contributed by atoms with van der Waals surface area (Å²) in [5.41, 5.74) is 0.462. The molecule has 1 aromatic carbocycles. The lowest BCUT2D eigenvalue weighted by Crippen LogP contribution is -2.52. The average molecular weight is 389 g/mol. The van der Waals surface area contributed by atoms with Gasteiger partial charge in [0, 0.05) is 25.7 Å². The molecule has 1 aliphatic heterocycles. The molecule has 0 bridgehead atoms. The second kappa shape index (κ2) is 7.67. The predicted octanol–water partition coefficient (Wildman–Crippen LogP) is 3.06. The third kappa shape index (κ3) is 3.86. The molecule has 0 saturated carbocycles. The molecular formula is C17H20ClF3N4O. The smallest absolute Gasteiger partial charge is 0.333 e. The first-order valence-electron chi connectivity index (χ1n) is 8.03. The van der Waals surface area contributed by atoms with Gasteiger partial charge in [0.1, 0.15) is 0 Å². The van der Waals surface area contributed by atoms with Crippen LogP contribution in [-0.2, 0) is 6.18 Å². The van der Waals surface area contributed by atoms with Gasteiger partial charge >= 0.3 is 6.18 Å². The summed E-state index contributed by atoms with van der Waals surface area (Å²) in [5.74, 6) is -0.148. The fourth-order valence-corrected chi connectivity index (χ4v) is 2.99. The van der Waals surface area contributed by atoms with Crippen LogP contribution < -0.4 is 5.32 Å². The summed E-state index contributed by atoms with van der Waals surface area (Å²) in [6.45, 7) is 5.67. The summed E-state index contributed by atoms with van der Waals surface area (Å²) in [6, 6.07) is 4.96. The summed E-state index contributed by atoms with van der Waals surface area (Å²) >= 11 is 0. The molecule has 2 aromatic rings. The van der Waals surface area contributed by atoms with E-state index in [0.717, 1.165) is 18.7 Å². The number of carbonyl (C=O) groups excluding carboxylic acids is 1. The van der Waals surface area contributed by atoms with Crippen molar-refractivity contribution in [1.29, 1.82) is 0 Å². The second-order valence-corrected chi connectivity index (χ2v) is 6.16. The zero-order valence-corrected chi connectivity index (χ0v) is 15.2. The highest BCUT2D eigenvalue weighted by atomic mass is 35.5. The third-order valence-electron chi connectivity index (χ3n) is 4.42. The van der Waals surface area contributed by atoms with E-state index >= 15 is 0 Å². The van der Waals surface area contributed by atoms with E-state index in [9.17, 15) is 18.0 Å². The first kappa shape index (κ1) is 20.3. The summed E-state index contributed by atoms with van der Waals surface area (Å²) in [6.07, 6.45) is -3.00. The zero-order valence-electron chi connectivity index (χ0n) is 14.4. The molecule has 1 saturated heterocycles. The number of hydrogen-bond donors (Lipinski definition) is 1. The van der Waals surface area contributed by atoms with Crippen molar-refractivity contribution in [1.82, 2.24) is 20.0 Å². The molecule has 0 aliphatic carbocycles. The molecule has 142 valence electrons. The van der Waals surface area contributed by atoms with E-state index in [2.05, 4.69) is 10.4 Å². The van der Waals surface area contributed by atoms with Crippen molar-refractivity contribution >= 4 is 18.3 Å². The van der Waals surface area contributed by atoms with Gasteiger partial charge in [-0.25, -0.2) is 4.68 Å². The molecule has 9 heteroatoms. The fourth-order valence-electron chi connectivity index (χ4n) is 2.99. The lowest BCUT2D eigenvalue weighted by atomic mass is 10.1. The van der Waals surface area contributed by atoms with Crippen molar-refractivity contribution in [2.75, 3.05) is 19.6 Å².